The lowest BCUT2D eigenvalue weighted by Gasteiger charge is -2.19. The molecule has 116 valence electrons. The molecular formula is C11H8Cl2F3NO3S. The summed E-state index contributed by atoms with van der Waals surface area (Å²) < 4.78 is 60.1. The van der Waals surface area contributed by atoms with Gasteiger partial charge < -0.3 is 4.90 Å². The van der Waals surface area contributed by atoms with Crippen molar-refractivity contribution in [2.24, 2.45) is 0 Å². The van der Waals surface area contributed by atoms with E-state index in [1.165, 1.54) is 0 Å². The average Bonchev–Trinajstić information content (AvgIpc) is 2.70. The first-order chi connectivity index (χ1) is 9.50. The van der Waals surface area contributed by atoms with Crippen molar-refractivity contribution >= 4 is 42.9 Å². The van der Waals surface area contributed by atoms with Crippen LogP contribution in [0.25, 0.3) is 0 Å². The summed E-state index contributed by atoms with van der Waals surface area (Å²) >= 11 is 5.77. The Bertz CT molecular complexity index is 690. The van der Waals surface area contributed by atoms with E-state index in [-0.39, 0.29) is 23.7 Å². The zero-order valence-corrected chi connectivity index (χ0v) is 12.5. The van der Waals surface area contributed by atoms with Crippen molar-refractivity contribution in [1.82, 2.24) is 0 Å². The molecule has 4 nitrogen and oxygen atoms in total. The van der Waals surface area contributed by atoms with Gasteiger partial charge in [0.15, 0.2) is 0 Å². The van der Waals surface area contributed by atoms with E-state index in [0.717, 1.165) is 17.0 Å². The number of anilines is 1. The Balaban J connectivity index is 2.34. The summed E-state index contributed by atoms with van der Waals surface area (Å²) in [5, 5.41) is -1.39. The fourth-order valence-corrected chi connectivity index (χ4v) is 3.31. The van der Waals surface area contributed by atoms with Crippen molar-refractivity contribution in [3.05, 3.63) is 28.8 Å². The number of amides is 1. The maximum absolute atomic E-state index is 12.5. The van der Waals surface area contributed by atoms with Gasteiger partial charge in [0, 0.05) is 23.6 Å². The van der Waals surface area contributed by atoms with Gasteiger partial charge in [0.1, 0.15) is 5.25 Å². The van der Waals surface area contributed by atoms with Crippen molar-refractivity contribution in [2.75, 3.05) is 11.4 Å². The average molecular weight is 362 g/mol. The molecule has 0 bridgehead atoms. The quantitative estimate of drug-likeness (QED) is 0.760. The second kappa shape index (κ2) is 5.33. The van der Waals surface area contributed by atoms with Gasteiger partial charge in [-0.15, -0.1) is 0 Å². The van der Waals surface area contributed by atoms with E-state index in [2.05, 4.69) is 0 Å². The molecular weight excluding hydrogens is 354 g/mol. The number of hydrogen-bond acceptors (Lipinski definition) is 3. The molecule has 1 heterocycles. The van der Waals surface area contributed by atoms with Gasteiger partial charge in [0.2, 0.25) is 15.0 Å². The summed E-state index contributed by atoms with van der Waals surface area (Å²) in [5.41, 5.74) is -0.929. The highest BCUT2D eigenvalue weighted by Gasteiger charge is 2.39. The van der Waals surface area contributed by atoms with Crippen molar-refractivity contribution in [3.8, 4) is 0 Å². The van der Waals surface area contributed by atoms with E-state index in [4.69, 9.17) is 22.3 Å². The second-order valence-corrected chi connectivity index (χ2v) is 7.79. The molecule has 1 saturated heterocycles. The predicted molar refractivity (Wildman–Crippen MR) is 72.0 cm³/mol. The van der Waals surface area contributed by atoms with Crippen molar-refractivity contribution < 1.29 is 26.4 Å². The standard InChI is InChI=1S/C11H8Cl2F3NO3S/c12-8-3-6(11(14,15)16)1-2-9(8)17-5-7(4-10(17)18)21(13,19)20/h1-3,7H,4-5H2. The zero-order valence-electron chi connectivity index (χ0n) is 10.2. The molecule has 1 aliphatic rings. The minimum Gasteiger partial charge on any atom is -0.310 e. The number of rotatable bonds is 2. The van der Waals surface area contributed by atoms with Gasteiger partial charge in [0.25, 0.3) is 0 Å². The van der Waals surface area contributed by atoms with E-state index in [9.17, 15) is 26.4 Å². The molecule has 1 atom stereocenters. The number of alkyl halides is 3. The van der Waals surface area contributed by atoms with E-state index in [1.54, 1.807) is 0 Å². The molecule has 1 aromatic rings. The summed E-state index contributed by atoms with van der Waals surface area (Å²) in [4.78, 5) is 12.8. The van der Waals surface area contributed by atoms with Gasteiger partial charge in [-0.25, -0.2) is 8.42 Å². The molecule has 0 spiro atoms. The molecule has 0 saturated carbocycles. The van der Waals surface area contributed by atoms with E-state index < -0.39 is 31.9 Å². The van der Waals surface area contributed by atoms with Crippen LogP contribution in [-0.4, -0.2) is 26.1 Å². The summed E-state index contributed by atoms with van der Waals surface area (Å²) in [5.74, 6) is -0.564. The van der Waals surface area contributed by atoms with Crippen LogP contribution < -0.4 is 4.90 Å². The van der Waals surface area contributed by atoms with Gasteiger partial charge in [-0.3, -0.25) is 4.79 Å². The lowest BCUT2D eigenvalue weighted by molar-refractivity contribution is -0.137. The molecule has 0 N–H and O–H groups in total. The Morgan fingerprint density at radius 3 is 2.33 bits per heavy atom. The van der Waals surface area contributed by atoms with E-state index >= 15 is 0 Å². The van der Waals surface area contributed by atoms with Crippen LogP contribution in [0.1, 0.15) is 12.0 Å². The van der Waals surface area contributed by atoms with Gasteiger partial charge in [-0.1, -0.05) is 11.6 Å². The van der Waals surface area contributed by atoms with Crippen LogP contribution >= 0.6 is 22.3 Å². The molecule has 0 aliphatic carbocycles. The van der Waals surface area contributed by atoms with Gasteiger partial charge in [-0.2, -0.15) is 13.2 Å². The summed E-state index contributed by atoms with van der Waals surface area (Å²) in [6.07, 6.45) is -4.89. The Hall–Kier alpha value is -0.990. The molecule has 0 aromatic heterocycles. The van der Waals surface area contributed by atoms with Gasteiger partial charge >= 0.3 is 6.18 Å². The maximum atomic E-state index is 12.5. The zero-order chi connectivity index (χ0) is 16.0. The van der Waals surface area contributed by atoms with Crippen LogP contribution in [-0.2, 0) is 20.0 Å². The van der Waals surface area contributed by atoms with E-state index in [0.29, 0.717) is 6.07 Å². The maximum Gasteiger partial charge on any atom is 0.416 e. The number of carbonyl (C=O) groups excluding carboxylic acids is 1. The normalized spacial score (nSPS) is 20.1. The molecule has 1 unspecified atom stereocenters. The Labute approximate surface area is 127 Å². The number of carbonyl (C=O) groups is 1. The lowest BCUT2D eigenvalue weighted by Crippen LogP contribution is -2.27. The fourth-order valence-electron chi connectivity index (χ4n) is 2.00. The molecule has 10 heteroatoms. The second-order valence-electron chi connectivity index (χ2n) is 4.47. The number of nitrogens with zero attached hydrogens (tertiary/aromatic N) is 1. The van der Waals surface area contributed by atoms with Crippen LogP contribution in [0.3, 0.4) is 0 Å². The fraction of sp³-hybridized carbons (Fsp3) is 0.364. The number of hydrogen-bond donors (Lipinski definition) is 0. The smallest absolute Gasteiger partial charge is 0.310 e. The highest BCUT2D eigenvalue weighted by Crippen LogP contribution is 2.37. The molecule has 21 heavy (non-hydrogen) atoms. The van der Waals surface area contributed by atoms with Crippen LogP contribution in [0.4, 0.5) is 18.9 Å². The SMILES string of the molecule is O=C1CC(S(=O)(=O)Cl)CN1c1ccc(C(F)(F)F)cc1Cl. The Morgan fingerprint density at radius 1 is 1.29 bits per heavy atom. The van der Waals surface area contributed by atoms with Crippen LogP contribution in [0.15, 0.2) is 18.2 Å². The summed E-state index contributed by atoms with van der Waals surface area (Å²) in [6, 6.07) is 2.50. The highest BCUT2D eigenvalue weighted by atomic mass is 35.7. The van der Waals surface area contributed by atoms with Crippen molar-refractivity contribution in [1.29, 1.82) is 0 Å². The molecule has 1 fully saturated rings. The highest BCUT2D eigenvalue weighted by molar-refractivity contribution is 8.14. The largest absolute Gasteiger partial charge is 0.416 e. The first-order valence-corrected chi connectivity index (χ1v) is 8.36. The van der Waals surface area contributed by atoms with Crippen molar-refractivity contribution in [3.63, 3.8) is 0 Å². The Morgan fingerprint density at radius 2 is 1.90 bits per heavy atom. The molecule has 2 rings (SSSR count). The molecule has 1 amide bonds. The molecule has 1 aromatic carbocycles. The number of benzene rings is 1. The minimum absolute atomic E-state index is 0.0254. The third-order valence-corrected chi connectivity index (χ3v) is 5.22. The molecule has 0 radical (unpaired) electrons. The lowest BCUT2D eigenvalue weighted by atomic mass is 10.2. The summed E-state index contributed by atoms with van der Waals surface area (Å²) in [6.45, 7) is -0.240. The first-order valence-electron chi connectivity index (χ1n) is 5.60. The monoisotopic (exact) mass is 361 g/mol. The topological polar surface area (TPSA) is 54.5 Å². The van der Waals surface area contributed by atoms with Crippen LogP contribution in [0.2, 0.25) is 5.02 Å². The number of halogens is 5. The van der Waals surface area contributed by atoms with E-state index in [1.807, 2.05) is 0 Å². The van der Waals surface area contributed by atoms with Gasteiger partial charge in [-0.05, 0) is 18.2 Å². The Kier molecular flexibility index (Phi) is 4.16. The minimum atomic E-state index is -4.56. The van der Waals surface area contributed by atoms with Crippen LogP contribution in [0, 0.1) is 0 Å². The first kappa shape index (κ1) is 16.4. The molecule has 1 aliphatic heterocycles. The predicted octanol–water partition coefficient (Wildman–Crippen LogP) is 3.03. The third-order valence-electron chi connectivity index (χ3n) is 3.05. The third kappa shape index (κ3) is 3.44. The van der Waals surface area contributed by atoms with Crippen molar-refractivity contribution in [2.45, 2.75) is 17.8 Å². The van der Waals surface area contributed by atoms with Crippen LogP contribution in [0.5, 0.6) is 0 Å². The van der Waals surface area contributed by atoms with Gasteiger partial charge in [0.05, 0.1) is 16.3 Å². The summed E-state index contributed by atoms with van der Waals surface area (Å²) in [7, 11) is 1.26.